The molecule has 0 fully saturated rings. The van der Waals surface area contributed by atoms with Gasteiger partial charge in [0.1, 0.15) is 0 Å². The average Bonchev–Trinajstić information content (AvgIpc) is 2.76. The Bertz CT molecular complexity index is 420. The van der Waals surface area contributed by atoms with Gasteiger partial charge in [0.15, 0.2) is 0 Å². The van der Waals surface area contributed by atoms with E-state index in [-0.39, 0.29) is 5.91 Å². The van der Waals surface area contributed by atoms with Gasteiger partial charge in [0.25, 0.3) is 5.91 Å². The van der Waals surface area contributed by atoms with Gasteiger partial charge < -0.3 is 4.74 Å². The van der Waals surface area contributed by atoms with Gasteiger partial charge in [-0.25, -0.2) is 5.84 Å². The second-order valence-corrected chi connectivity index (χ2v) is 5.79. The van der Waals surface area contributed by atoms with E-state index in [0.29, 0.717) is 17.5 Å². The number of hydrogen-bond acceptors (Lipinski definition) is 5. The Kier molecular flexibility index (Phi) is 6.44. The molecule has 0 aliphatic carbocycles. The number of likely N-dealkylation sites (N-methyl/N-ethyl adjacent to an activating group) is 1. The van der Waals surface area contributed by atoms with Crippen LogP contribution < -0.4 is 11.3 Å². The number of thiophene rings is 1. The number of nitrogens with zero attached hydrogens (tertiary/aromatic N) is 1. The van der Waals surface area contributed by atoms with Crippen molar-refractivity contribution in [2.45, 2.75) is 33.4 Å². The number of amides is 1. The molecule has 1 heterocycles. The molecule has 0 aromatic carbocycles. The van der Waals surface area contributed by atoms with E-state index in [1.807, 2.05) is 13.0 Å². The number of aryl methyl sites for hydroxylation is 1. The number of methoxy groups -OCH3 is 1. The summed E-state index contributed by atoms with van der Waals surface area (Å²) in [7, 11) is 1.71. The van der Waals surface area contributed by atoms with E-state index < -0.39 is 0 Å². The van der Waals surface area contributed by atoms with Crippen LogP contribution in [0, 0.1) is 6.92 Å². The Labute approximate surface area is 118 Å². The standard InChI is InChI=1S/C13H23N3O2S/c1-5-16(9(2)8-18-4)7-11-6-12(13(17)15-14)19-10(11)3/h6,9H,5,7-8,14H2,1-4H3,(H,15,17). The number of nitrogens with two attached hydrogens (primary N) is 1. The van der Waals surface area contributed by atoms with Crippen LogP contribution in [0.5, 0.6) is 0 Å². The number of carbonyl (C=O) groups excluding carboxylic acids is 1. The molecule has 0 bridgehead atoms. The second kappa shape index (κ2) is 7.59. The van der Waals surface area contributed by atoms with Crippen molar-refractivity contribution in [3.8, 4) is 0 Å². The molecule has 1 aromatic heterocycles. The number of nitrogen functional groups attached to an aromatic ring is 1. The summed E-state index contributed by atoms with van der Waals surface area (Å²) in [6.45, 7) is 8.76. The zero-order valence-corrected chi connectivity index (χ0v) is 12.8. The first kappa shape index (κ1) is 16.1. The van der Waals surface area contributed by atoms with Crippen molar-refractivity contribution in [2.75, 3.05) is 20.3 Å². The molecule has 0 saturated heterocycles. The molecule has 0 aliphatic rings. The number of nitrogens with one attached hydrogen (secondary N) is 1. The van der Waals surface area contributed by atoms with E-state index in [1.54, 1.807) is 7.11 Å². The van der Waals surface area contributed by atoms with Crippen LogP contribution in [0.15, 0.2) is 6.07 Å². The maximum absolute atomic E-state index is 11.5. The van der Waals surface area contributed by atoms with Gasteiger partial charge in [0, 0.05) is 24.6 Å². The number of ether oxygens (including phenoxy) is 1. The number of carbonyl (C=O) groups is 1. The molecule has 1 aromatic rings. The molecule has 0 radical (unpaired) electrons. The normalized spacial score (nSPS) is 12.7. The first-order valence-electron chi connectivity index (χ1n) is 6.36. The summed E-state index contributed by atoms with van der Waals surface area (Å²) in [4.78, 5) is 15.6. The fourth-order valence-corrected chi connectivity index (χ4v) is 2.94. The molecule has 1 unspecified atom stereocenters. The van der Waals surface area contributed by atoms with Gasteiger partial charge in [-0.1, -0.05) is 6.92 Å². The van der Waals surface area contributed by atoms with Gasteiger partial charge in [-0.2, -0.15) is 0 Å². The summed E-state index contributed by atoms with van der Waals surface area (Å²) in [6, 6.07) is 2.27. The van der Waals surface area contributed by atoms with Crippen molar-refractivity contribution in [3.05, 3.63) is 21.4 Å². The van der Waals surface area contributed by atoms with E-state index >= 15 is 0 Å². The van der Waals surface area contributed by atoms with E-state index in [2.05, 4.69) is 24.2 Å². The van der Waals surface area contributed by atoms with Crippen LogP contribution >= 0.6 is 11.3 Å². The lowest BCUT2D eigenvalue weighted by Gasteiger charge is -2.27. The molecule has 0 spiro atoms. The molecular weight excluding hydrogens is 262 g/mol. The van der Waals surface area contributed by atoms with Crippen molar-refractivity contribution >= 4 is 17.2 Å². The van der Waals surface area contributed by atoms with Crippen molar-refractivity contribution in [1.29, 1.82) is 0 Å². The molecular formula is C13H23N3O2S. The fraction of sp³-hybridized carbons (Fsp3) is 0.615. The monoisotopic (exact) mass is 285 g/mol. The minimum Gasteiger partial charge on any atom is -0.383 e. The molecule has 108 valence electrons. The van der Waals surface area contributed by atoms with Crippen LogP contribution in [-0.2, 0) is 11.3 Å². The first-order chi connectivity index (χ1) is 9.03. The van der Waals surface area contributed by atoms with E-state index in [9.17, 15) is 4.79 Å². The summed E-state index contributed by atoms with van der Waals surface area (Å²) in [5.41, 5.74) is 3.34. The van der Waals surface area contributed by atoms with E-state index in [0.717, 1.165) is 18.0 Å². The van der Waals surface area contributed by atoms with Crippen molar-refractivity contribution < 1.29 is 9.53 Å². The van der Waals surface area contributed by atoms with Crippen LogP contribution in [0.25, 0.3) is 0 Å². The van der Waals surface area contributed by atoms with Gasteiger partial charge in [0.05, 0.1) is 11.5 Å². The largest absolute Gasteiger partial charge is 0.383 e. The molecule has 19 heavy (non-hydrogen) atoms. The molecule has 1 rings (SSSR count). The minimum absolute atomic E-state index is 0.229. The summed E-state index contributed by atoms with van der Waals surface area (Å²) >= 11 is 1.47. The average molecular weight is 285 g/mol. The SMILES string of the molecule is CCN(Cc1cc(C(=O)NN)sc1C)C(C)COC. The third kappa shape index (κ3) is 4.28. The van der Waals surface area contributed by atoms with Crippen LogP contribution in [-0.4, -0.2) is 37.1 Å². The second-order valence-electron chi connectivity index (χ2n) is 4.53. The molecule has 6 heteroatoms. The third-order valence-corrected chi connectivity index (χ3v) is 4.28. The number of hydrogen-bond donors (Lipinski definition) is 2. The first-order valence-corrected chi connectivity index (χ1v) is 7.18. The Morgan fingerprint density at radius 2 is 2.32 bits per heavy atom. The fourth-order valence-electron chi connectivity index (χ4n) is 2.00. The summed E-state index contributed by atoms with van der Waals surface area (Å²) in [6.07, 6.45) is 0. The quantitative estimate of drug-likeness (QED) is 0.453. The predicted octanol–water partition coefficient (Wildman–Crippen LogP) is 1.52. The summed E-state index contributed by atoms with van der Waals surface area (Å²) in [5, 5.41) is 0. The van der Waals surface area contributed by atoms with Gasteiger partial charge in [-0.15, -0.1) is 11.3 Å². The smallest absolute Gasteiger partial charge is 0.275 e. The van der Waals surface area contributed by atoms with Crippen molar-refractivity contribution in [2.24, 2.45) is 5.84 Å². The predicted molar refractivity (Wildman–Crippen MR) is 78.1 cm³/mol. The van der Waals surface area contributed by atoms with Crippen LogP contribution in [0.2, 0.25) is 0 Å². The Morgan fingerprint density at radius 3 is 2.84 bits per heavy atom. The third-order valence-electron chi connectivity index (χ3n) is 3.19. The van der Waals surface area contributed by atoms with Crippen LogP contribution in [0.3, 0.4) is 0 Å². The van der Waals surface area contributed by atoms with Gasteiger partial charge >= 0.3 is 0 Å². The Balaban J connectivity index is 2.80. The lowest BCUT2D eigenvalue weighted by Crippen LogP contribution is -2.35. The lowest BCUT2D eigenvalue weighted by molar-refractivity contribution is 0.0955. The molecule has 0 aliphatic heterocycles. The highest BCUT2D eigenvalue weighted by Gasteiger charge is 2.16. The van der Waals surface area contributed by atoms with Crippen molar-refractivity contribution in [1.82, 2.24) is 10.3 Å². The zero-order chi connectivity index (χ0) is 14.4. The summed E-state index contributed by atoms with van der Waals surface area (Å²) < 4.78 is 5.20. The summed E-state index contributed by atoms with van der Waals surface area (Å²) in [5.74, 6) is 4.93. The Hall–Kier alpha value is -0.950. The zero-order valence-electron chi connectivity index (χ0n) is 12.0. The molecule has 5 nitrogen and oxygen atoms in total. The van der Waals surface area contributed by atoms with Crippen molar-refractivity contribution in [3.63, 3.8) is 0 Å². The van der Waals surface area contributed by atoms with Crippen LogP contribution in [0.4, 0.5) is 0 Å². The lowest BCUT2D eigenvalue weighted by atomic mass is 10.2. The maximum atomic E-state index is 11.5. The van der Waals surface area contributed by atoms with Gasteiger partial charge in [0.2, 0.25) is 0 Å². The molecule has 1 atom stereocenters. The maximum Gasteiger partial charge on any atom is 0.275 e. The van der Waals surface area contributed by atoms with Gasteiger partial charge in [-0.05, 0) is 32.0 Å². The van der Waals surface area contributed by atoms with E-state index in [4.69, 9.17) is 10.6 Å². The van der Waals surface area contributed by atoms with Crippen LogP contribution in [0.1, 0.15) is 34.0 Å². The highest BCUT2D eigenvalue weighted by Crippen LogP contribution is 2.23. The Morgan fingerprint density at radius 1 is 1.63 bits per heavy atom. The molecule has 1 amide bonds. The molecule has 3 N–H and O–H groups in total. The van der Waals surface area contributed by atoms with E-state index in [1.165, 1.54) is 16.9 Å². The number of rotatable bonds is 7. The highest BCUT2D eigenvalue weighted by molar-refractivity contribution is 7.14. The minimum atomic E-state index is -0.229. The topological polar surface area (TPSA) is 67.6 Å². The molecule has 0 saturated carbocycles. The number of hydrazine groups is 1. The highest BCUT2D eigenvalue weighted by atomic mass is 32.1. The van der Waals surface area contributed by atoms with Gasteiger partial charge in [-0.3, -0.25) is 15.1 Å².